The monoisotopic (exact) mass is 165 g/mol. The number of hydrogen-bond acceptors (Lipinski definition) is 2. The van der Waals surface area contributed by atoms with E-state index in [2.05, 4.69) is 25.3 Å². The minimum atomic E-state index is -0.674. The van der Waals surface area contributed by atoms with Crippen molar-refractivity contribution in [1.29, 1.82) is 0 Å². The van der Waals surface area contributed by atoms with E-state index in [9.17, 15) is 4.39 Å². The summed E-state index contributed by atoms with van der Waals surface area (Å²) < 4.78 is 15.9. The minimum absolute atomic E-state index is 0.171. The first kappa shape index (κ1) is 4.77. The SMILES string of the molecule is Fc1cnc(Br)o1. The van der Waals surface area contributed by atoms with Crippen LogP contribution in [0.15, 0.2) is 15.4 Å². The molecule has 0 fully saturated rings. The lowest BCUT2D eigenvalue weighted by molar-refractivity contribution is 0.345. The Morgan fingerprint density at radius 1 is 1.86 bits per heavy atom. The molecule has 0 aliphatic carbocycles. The van der Waals surface area contributed by atoms with Crippen molar-refractivity contribution in [2.24, 2.45) is 0 Å². The molecule has 0 aliphatic rings. The molecule has 1 aromatic rings. The third-order valence-electron chi connectivity index (χ3n) is 0.449. The summed E-state index contributed by atoms with van der Waals surface area (Å²) in [4.78, 5) is 3.56. The van der Waals surface area contributed by atoms with Gasteiger partial charge in [-0.25, -0.2) is 4.98 Å². The lowest BCUT2D eigenvalue weighted by Crippen LogP contribution is -1.52. The number of aromatic nitrogens is 1. The normalized spacial score (nSPS) is 9.43. The standard InChI is InChI=1S/C3HBrFNO/c4-3-6-1-2(5)7-3/h1H. The predicted octanol–water partition coefficient (Wildman–Crippen LogP) is 1.58. The van der Waals surface area contributed by atoms with Gasteiger partial charge in [0.05, 0.1) is 0 Å². The van der Waals surface area contributed by atoms with E-state index in [1.165, 1.54) is 0 Å². The Morgan fingerprint density at radius 3 is 2.71 bits per heavy atom. The zero-order valence-electron chi connectivity index (χ0n) is 3.19. The Hall–Kier alpha value is -0.380. The quantitative estimate of drug-likeness (QED) is 0.584. The minimum Gasteiger partial charge on any atom is -0.405 e. The van der Waals surface area contributed by atoms with Crippen LogP contribution < -0.4 is 0 Å². The van der Waals surface area contributed by atoms with E-state index in [4.69, 9.17) is 0 Å². The highest BCUT2D eigenvalue weighted by molar-refractivity contribution is 9.10. The molecule has 1 rings (SSSR count). The summed E-state index contributed by atoms with van der Waals surface area (Å²) >= 11 is 2.81. The molecule has 1 aromatic heterocycles. The van der Waals surface area contributed by atoms with Gasteiger partial charge in [0, 0.05) is 15.9 Å². The molecule has 0 saturated carbocycles. The first-order chi connectivity index (χ1) is 3.29. The number of oxazole rings is 1. The van der Waals surface area contributed by atoms with Crippen LogP contribution in [-0.4, -0.2) is 4.98 Å². The summed E-state index contributed by atoms with van der Waals surface area (Å²) in [6.07, 6.45) is 0.990. The zero-order chi connectivity index (χ0) is 5.28. The van der Waals surface area contributed by atoms with Gasteiger partial charge in [-0.15, -0.1) is 0 Å². The molecule has 2 nitrogen and oxygen atoms in total. The molecule has 0 bridgehead atoms. The molecular formula is C3HBrFNO. The molecule has 38 valence electrons. The van der Waals surface area contributed by atoms with E-state index in [0.29, 0.717) is 0 Å². The predicted molar refractivity (Wildman–Crippen MR) is 24.2 cm³/mol. The summed E-state index contributed by atoms with van der Waals surface area (Å²) in [7, 11) is 0. The fourth-order valence-electron chi connectivity index (χ4n) is 0.235. The van der Waals surface area contributed by atoms with Crippen LogP contribution in [0, 0.1) is 6.01 Å². The highest BCUT2D eigenvalue weighted by atomic mass is 79.9. The molecule has 0 aliphatic heterocycles. The van der Waals surface area contributed by atoms with Crippen LogP contribution in [0.5, 0.6) is 0 Å². The van der Waals surface area contributed by atoms with Crippen LogP contribution in [0.3, 0.4) is 0 Å². The smallest absolute Gasteiger partial charge is 0.298 e. The maximum Gasteiger partial charge on any atom is 0.298 e. The molecule has 1 heterocycles. The highest BCUT2D eigenvalue weighted by Gasteiger charge is 1.93. The Labute approximate surface area is 47.5 Å². The zero-order valence-corrected chi connectivity index (χ0v) is 4.77. The summed E-state index contributed by atoms with van der Waals surface area (Å²) in [6, 6.07) is -0.674. The second kappa shape index (κ2) is 1.61. The van der Waals surface area contributed by atoms with Crippen molar-refractivity contribution in [3.63, 3.8) is 0 Å². The van der Waals surface area contributed by atoms with Gasteiger partial charge in [-0.3, -0.25) is 0 Å². The fraction of sp³-hybridized carbons (Fsp3) is 0. The van der Waals surface area contributed by atoms with Crippen molar-refractivity contribution >= 4 is 15.9 Å². The summed E-state index contributed by atoms with van der Waals surface area (Å²) in [5.74, 6) is 0. The van der Waals surface area contributed by atoms with Crippen LogP contribution in [0.4, 0.5) is 4.39 Å². The molecule has 0 radical (unpaired) electrons. The van der Waals surface area contributed by atoms with Crippen molar-refractivity contribution in [3.8, 4) is 0 Å². The van der Waals surface area contributed by atoms with Gasteiger partial charge in [-0.1, -0.05) is 0 Å². The topological polar surface area (TPSA) is 26.0 Å². The van der Waals surface area contributed by atoms with Gasteiger partial charge in [0.1, 0.15) is 6.20 Å². The van der Waals surface area contributed by atoms with Crippen molar-refractivity contribution in [1.82, 2.24) is 4.98 Å². The van der Waals surface area contributed by atoms with Crippen molar-refractivity contribution < 1.29 is 8.81 Å². The molecule has 0 amide bonds. The van der Waals surface area contributed by atoms with E-state index in [0.717, 1.165) is 6.20 Å². The van der Waals surface area contributed by atoms with Crippen molar-refractivity contribution in [3.05, 3.63) is 17.0 Å². The number of nitrogens with zero attached hydrogens (tertiary/aromatic N) is 1. The molecule has 0 N–H and O–H groups in total. The molecule has 4 heteroatoms. The number of halogens is 2. The highest BCUT2D eigenvalue weighted by Crippen LogP contribution is 2.06. The Kier molecular flexibility index (Phi) is 1.10. The molecular weight excluding hydrogens is 165 g/mol. The van der Waals surface area contributed by atoms with Crippen molar-refractivity contribution in [2.75, 3.05) is 0 Å². The fourth-order valence-corrected chi connectivity index (χ4v) is 0.492. The Balaban J connectivity index is 3.04. The number of rotatable bonds is 0. The molecule has 0 aromatic carbocycles. The van der Waals surface area contributed by atoms with Crippen LogP contribution in [0.25, 0.3) is 0 Å². The maximum atomic E-state index is 11.7. The third-order valence-corrected chi connectivity index (χ3v) is 0.816. The first-order valence-corrected chi connectivity index (χ1v) is 2.35. The first-order valence-electron chi connectivity index (χ1n) is 1.56. The summed E-state index contributed by atoms with van der Waals surface area (Å²) in [5.41, 5.74) is 0. The van der Waals surface area contributed by atoms with Gasteiger partial charge in [-0.2, -0.15) is 4.39 Å². The van der Waals surface area contributed by atoms with Gasteiger partial charge in [-0.05, 0) is 0 Å². The second-order valence-electron chi connectivity index (χ2n) is 0.917. The van der Waals surface area contributed by atoms with E-state index < -0.39 is 6.01 Å². The molecule has 0 spiro atoms. The summed E-state index contributed by atoms with van der Waals surface area (Å²) in [6.45, 7) is 0. The molecule has 0 saturated heterocycles. The lowest BCUT2D eigenvalue weighted by atomic mass is 11.0. The average Bonchev–Trinajstić information content (AvgIpc) is 1.87. The van der Waals surface area contributed by atoms with E-state index in [-0.39, 0.29) is 4.80 Å². The van der Waals surface area contributed by atoms with Gasteiger partial charge in [0.15, 0.2) is 0 Å². The number of hydrogen-bond donors (Lipinski definition) is 0. The lowest BCUT2D eigenvalue weighted by Gasteiger charge is -1.67. The summed E-state index contributed by atoms with van der Waals surface area (Å²) in [5, 5.41) is 0. The third kappa shape index (κ3) is 0.991. The molecule has 0 atom stereocenters. The van der Waals surface area contributed by atoms with Crippen LogP contribution in [0.2, 0.25) is 0 Å². The van der Waals surface area contributed by atoms with E-state index in [1.54, 1.807) is 0 Å². The van der Waals surface area contributed by atoms with E-state index >= 15 is 0 Å². The van der Waals surface area contributed by atoms with Gasteiger partial charge in [0.25, 0.3) is 10.8 Å². The average molecular weight is 166 g/mol. The van der Waals surface area contributed by atoms with Crippen molar-refractivity contribution in [2.45, 2.75) is 0 Å². The maximum absolute atomic E-state index is 11.7. The Bertz CT molecular complexity index is 147. The van der Waals surface area contributed by atoms with Crippen LogP contribution in [0.1, 0.15) is 0 Å². The molecule has 7 heavy (non-hydrogen) atoms. The molecule has 0 unspecified atom stereocenters. The van der Waals surface area contributed by atoms with Crippen LogP contribution in [-0.2, 0) is 0 Å². The van der Waals surface area contributed by atoms with Gasteiger partial charge < -0.3 is 4.42 Å². The van der Waals surface area contributed by atoms with Gasteiger partial charge >= 0.3 is 0 Å². The Morgan fingerprint density at radius 2 is 2.57 bits per heavy atom. The van der Waals surface area contributed by atoms with E-state index in [1.807, 2.05) is 0 Å². The van der Waals surface area contributed by atoms with Gasteiger partial charge in [0.2, 0.25) is 0 Å². The van der Waals surface area contributed by atoms with Crippen LogP contribution >= 0.6 is 15.9 Å². The second-order valence-corrected chi connectivity index (χ2v) is 1.60. The largest absolute Gasteiger partial charge is 0.405 e.